The van der Waals surface area contributed by atoms with E-state index in [9.17, 15) is 4.79 Å². The third-order valence-electron chi connectivity index (χ3n) is 5.09. The molecule has 0 aliphatic rings. The first-order valence-corrected chi connectivity index (χ1v) is 10.2. The van der Waals surface area contributed by atoms with E-state index in [1.165, 1.54) is 5.56 Å². The molecule has 4 heteroatoms. The van der Waals surface area contributed by atoms with Crippen LogP contribution >= 0.6 is 0 Å². The number of carbonyl (C=O) groups is 1. The summed E-state index contributed by atoms with van der Waals surface area (Å²) >= 11 is 0. The van der Waals surface area contributed by atoms with Crippen molar-refractivity contribution in [3.05, 3.63) is 108 Å². The summed E-state index contributed by atoms with van der Waals surface area (Å²) in [6.45, 7) is 2.61. The van der Waals surface area contributed by atoms with Crippen molar-refractivity contribution >= 4 is 5.91 Å². The summed E-state index contributed by atoms with van der Waals surface area (Å²) in [4.78, 5) is 12.4. The van der Waals surface area contributed by atoms with Gasteiger partial charge in [-0.05, 0) is 36.6 Å². The van der Waals surface area contributed by atoms with Gasteiger partial charge in [-0.2, -0.15) is 5.10 Å². The Hall–Kier alpha value is -3.66. The Labute approximate surface area is 177 Å². The standard InChI is InChI=1S/C26H25N3O/c1-20-12-14-21(15-13-20)18-27-25(30)17-16-23-19-29(24-10-6-3-7-11-24)28-26(23)22-8-4-2-5-9-22/h2-15,19H,16-18H2,1H3,(H,27,30). The zero-order valence-electron chi connectivity index (χ0n) is 17.1. The zero-order valence-corrected chi connectivity index (χ0v) is 17.1. The smallest absolute Gasteiger partial charge is 0.220 e. The van der Waals surface area contributed by atoms with Crippen molar-refractivity contribution in [3.8, 4) is 16.9 Å². The molecule has 1 aromatic heterocycles. The van der Waals surface area contributed by atoms with E-state index >= 15 is 0 Å². The molecule has 0 fully saturated rings. The summed E-state index contributed by atoms with van der Waals surface area (Å²) in [7, 11) is 0. The van der Waals surface area contributed by atoms with Crippen molar-refractivity contribution in [1.29, 1.82) is 0 Å². The van der Waals surface area contributed by atoms with E-state index in [0.717, 1.165) is 28.1 Å². The molecule has 1 amide bonds. The number of carbonyl (C=O) groups excluding carboxylic acids is 1. The van der Waals surface area contributed by atoms with E-state index in [1.807, 2.05) is 71.5 Å². The Morgan fingerprint density at radius 2 is 1.57 bits per heavy atom. The molecule has 4 aromatic rings. The van der Waals surface area contributed by atoms with Crippen LogP contribution in [0, 0.1) is 6.92 Å². The third-order valence-corrected chi connectivity index (χ3v) is 5.09. The Kier molecular flexibility index (Phi) is 6.04. The predicted octanol–water partition coefficient (Wildman–Crippen LogP) is 5.10. The lowest BCUT2D eigenvalue weighted by atomic mass is 10.0. The fourth-order valence-electron chi connectivity index (χ4n) is 3.39. The molecule has 0 atom stereocenters. The highest BCUT2D eigenvalue weighted by Gasteiger charge is 2.13. The highest BCUT2D eigenvalue weighted by atomic mass is 16.1. The molecule has 0 aliphatic heterocycles. The van der Waals surface area contributed by atoms with Crippen LogP contribution in [0.1, 0.15) is 23.1 Å². The first kappa shape index (κ1) is 19.6. The molecular formula is C26H25N3O. The van der Waals surface area contributed by atoms with Crippen LogP contribution in [0.4, 0.5) is 0 Å². The number of amides is 1. The molecule has 30 heavy (non-hydrogen) atoms. The van der Waals surface area contributed by atoms with Crippen LogP contribution in [-0.4, -0.2) is 15.7 Å². The van der Waals surface area contributed by atoms with Crippen molar-refractivity contribution in [2.75, 3.05) is 0 Å². The molecule has 150 valence electrons. The molecule has 1 heterocycles. The van der Waals surface area contributed by atoms with Gasteiger partial charge in [-0.3, -0.25) is 4.79 Å². The summed E-state index contributed by atoms with van der Waals surface area (Å²) in [5.41, 5.74) is 6.37. The van der Waals surface area contributed by atoms with Crippen molar-refractivity contribution < 1.29 is 4.79 Å². The van der Waals surface area contributed by atoms with E-state index in [-0.39, 0.29) is 5.91 Å². The molecule has 0 saturated carbocycles. The number of hydrogen-bond donors (Lipinski definition) is 1. The minimum atomic E-state index is 0.0436. The fourth-order valence-corrected chi connectivity index (χ4v) is 3.39. The Morgan fingerprint density at radius 1 is 0.900 bits per heavy atom. The van der Waals surface area contributed by atoms with E-state index in [0.29, 0.717) is 19.4 Å². The minimum Gasteiger partial charge on any atom is -0.352 e. The fraction of sp³-hybridized carbons (Fsp3) is 0.154. The van der Waals surface area contributed by atoms with Gasteiger partial charge in [0.1, 0.15) is 0 Å². The Bertz CT molecular complexity index is 1100. The lowest BCUT2D eigenvalue weighted by molar-refractivity contribution is -0.121. The highest BCUT2D eigenvalue weighted by molar-refractivity contribution is 5.76. The number of nitrogens with one attached hydrogen (secondary N) is 1. The summed E-state index contributed by atoms with van der Waals surface area (Å²) in [5.74, 6) is 0.0436. The Balaban J connectivity index is 1.47. The molecule has 1 N–H and O–H groups in total. The number of aromatic nitrogens is 2. The van der Waals surface area contributed by atoms with E-state index in [4.69, 9.17) is 5.10 Å². The second-order valence-corrected chi connectivity index (χ2v) is 7.41. The maximum Gasteiger partial charge on any atom is 0.220 e. The number of rotatable bonds is 7. The molecule has 0 saturated heterocycles. The molecule has 0 radical (unpaired) electrons. The Morgan fingerprint density at radius 3 is 2.27 bits per heavy atom. The van der Waals surface area contributed by atoms with Crippen molar-refractivity contribution in [3.63, 3.8) is 0 Å². The highest BCUT2D eigenvalue weighted by Crippen LogP contribution is 2.24. The SMILES string of the molecule is Cc1ccc(CNC(=O)CCc2cn(-c3ccccc3)nc2-c2ccccc2)cc1. The number of benzene rings is 3. The van der Waals surface area contributed by atoms with Gasteiger partial charge < -0.3 is 5.32 Å². The largest absolute Gasteiger partial charge is 0.352 e. The van der Waals surface area contributed by atoms with Crippen LogP contribution in [0.5, 0.6) is 0 Å². The number of nitrogens with zero attached hydrogens (tertiary/aromatic N) is 2. The monoisotopic (exact) mass is 395 g/mol. The predicted molar refractivity (Wildman–Crippen MR) is 120 cm³/mol. The van der Waals surface area contributed by atoms with Gasteiger partial charge in [0, 0.05) is 24.7 Å². The van der Waals surface area contributed by atoms with Gasteiger partial charge in [0.05, 0.1) is 11.4 Å². The number of para-hydroxylation sites is 1. The summed E-state index contributed by atoms with van der Waals surface area (Å²) in [6, 6.07) is 28.4. The van der Waals surface area contributed by atoms with Crippen LogP contribution in [0.25, 0.3) is 16.9 Å². The lowest BCUT2D eigenvalue weighted by Gasteiger charge is -2.06. The van der Waals surface area contributed by atoms with Crippen LogP contribution < -0.4 is 5.32 Å². The van der Waals surface area contributed by atoms with E-state index in [1.54, 1.807) is 0 Å². The number of aryl methyl sites for hydroxylation is 2. The van der Waals surface area contributed by atoms with Crippen molar-refractivity contribution in [2.45, 2.75) is 26.3 Å². The van der Waals surface area contributed by atoms with Crippen LogP contribution in [0.15, 0.2) is 91.1 Å². The molecule has 3 aromatic carbocycles. The zero-order chi connectivity index (χ0) is 20.8. The van der Waals surface area contributed by atoms with Gasteiger partial charge in [-0.15, -0.1) is 0 Å². The van der Waals surface area contributed by atoms with Gasteiger partial charge >= 0.3 is 0 Å². The second-order valence-electron chi connectivity index (χ2n) is 7.41. The molecular weight excluding hydrogens is 370 g/mol. The molecule has 0 unspecified atom stereocenters. The first-order chi connectivity index (χ1) is 14.7. The minimum absolute atomic E-state index is 0.0436. The quantitative estimate of drug-likeness (QED) is 0.473. The van der Waals surface area contributed by atoms with Gasteiger partial charge in [0.25, 0.3) is 0 Å². The third kappa shape index (κ3) is 4.84. The average Bonchev–Trinajstić information content (AvgIpc) is 3.23. The number of hydrogen-bond acceptors (Lipinski definition) is 2. The maximum atomic E-state index is 12.4. The van der Waals surface area contributed by atoms with Gasteiger partial charge in [-0.1, -0.05) is 78.4 Å². The maximum absolute atomic E-state index is 12.4. The normalized spacial score (nSPS) is 10.7. The van der Waals surface area contributed by atoms with Crippen LogP contribution in [-0.2, 0) is 17.8 Å². The summed E-state index contributed by atoms with van der Waals surface area (Å²) in [6.07, 6.45) is 3.09. The van der Waals surface area contributed by atoms with E-state index in [2.05, 4.69) is 36.5 Å². The average molecular weight is 396 g/mol. The van der Waals surface area contributed by atoms with Crippen molar-refractivity contribution in [1.82, 2.24) is 15.1 Å². The van der Waals surface area contributed by atoms with Crippen LogP contribution in [0.3, 0.4) is 0 Å². The molecule has 0 aliphatic carbocycles. The first-order valence-electron chi connectivity index (χ1n) is 10.2. The summed E-state index contributed by atoms with van der Waals surface area (Å²) in [5, 5.41) is 7.84. The van der Waals surface area contributed by atoms with Crippen LogP contribution in [0.2, 0.25) is 0 Å². The molecule has 0 spiro atoms. The van der Waals surface area contributed by atoms with Gasteiger partial charge in [0.2, 0.25) is 5.91 Å². The summed E-state index contributed by atoms with van der Waals surface area (Å²) < 4.78 is 1.89. The van der Waals surface area contributed by atoms with Gasteiger partial charge in [-0.25, -0.2) is 4.68 Å². The van der Waals surface area contributed by atoms with Gasteiger partial charge in [0.15, 0.2) is 0 Å². The van der Waals surface area contributed by atoms with Crippen molar-refractivity contribution in [2.24, 2.45) is 0 Å². The van der Waals surface area contributed by atoms with E-state index < -0.39 is 0 Å². The second kappa shape index (κ2) is 9.23. The molecule has 4 nitrogen and oxygen atoms in total. The molecule has 0 bridgehead atoms. The lowest BCUT2D eigenvalue weighted by Crippen LogP contribution is -2.23. The topological polar surface area (TPSA) is 46.9 Å². The molecule has 4 rings (SSSR count).